The molecule has 0 saturated heterocycles. The highest BCUT2D eigenvalue weighted by Gasteiger charge is 2.13. The molecule has 0 atom stereocenters. The molecule has 2 aromatic carbocycles. The normalized spacial score (nSPS) is 12.6. The first-order chi connectivity index (χ1) is 12.0. The second-order valence-corrected chi connectivity index (χ2v) is 7.31. The summed E-state index contributed by atoms with van der Waals surface area (Å²) < 4.78 is 11.0. The van der Waals surface area contributed by atoms with Gasteiger partial charge in [0.1, 0.15) is 13.2 Å². The van der Waals surface area contributed by atoms with Crippen molar-refractivity contribution in [3.8, 4) is 11.5 Å². The number of benzene rings is 2. The topological polar surface area (TPSA) is 59.6 Å². The fourth-order valence-electron chi connectivity index (χ4n) is 2.09. The summed E-state index contributed by atoms with van der Waals surface area (Å²) >= 11 is 19.3. The molecule has 132 valence electrons. The van der Waals surface area contributed by atoms with E-state index in [1.54, 1.807) is 0 Å². The van der Waals surface area contributed by atoms with E-state index in [4.69, 9.17) is 44.3 Å². The fourth-order valence-corrected chi connectivity index (χ4v) is 3.73. The molecule has 1 aliphatic heterocycles. The van der Waals surface area contributed by atoms with Crippen LogP contribution in [0.5, 0.6) is 11.5 Å². The van der Waals surface area contributed by atoms with Gasteiger partial charge >= 0.3 is 0 Å². The Labute approximate surface area is 163 Å². The number of carbonyl (C=O) groups excluding carboxylic acids is 1. The minimum absolute atomic E-state index is 0.204. The molecule has 9 heteroatoms. The van der Waals surface area contributed by atoms with Gasteiger partial charge in [0.05, 0.1) is 21.5 Å². The van der Waals surface area contributed by atoms with Gasteiger partial charge in [0.2, 0.25) is 5.91 Å². The first-order valence-corrected chi connectivity index (χ1v) is 9.37. The van der Waals surface area contributed by atoms with Crippen molar-refractivity contribution >= 4 is 58.2 Å². The van der Waals surface area contributed by atoms with Crippen molar-refractivity contribution in [2.24, 2.45) is 0 Å². The molecule has 1 amide bonds. The molecule has 0 fully saturated rings. The van der Waals surface area contributed by atoms with E-state index in [2.05, 4.69) is 10.9 Å². The number of fused-ring (bicyclic) bond motifs is 1. The maximum Gasteiger partial charge on any atom is 0.248 e. The molecule has 3 rings (SSSR count). The zero-order valence-electron chi connectivity index (χ0n) is 12.8. The second kappa shape index (κ2) is 8.27. The number of carbonyl (C=O) groups is 1. The minimum atomic E-state index is -0.234. The lowest BCUT2D eigenvalue weighted by molar-refractivity contribution is -0.118. The van der Waals surface area contributed by atoms with Crippen molar-refractivity contribution in [3.05, 3.63) is 45.4 Å². The van der Waals surface area contributed by atoms with Crippen LogP contribution in [0.4, 0.5) is 5.69 Å². The highest BCUT2D eigenvalue weighted by Crippen LogP contribution is 2.34. The number of hydrazine groups is 1. The van der Waals surface area contributed by atoms with Crippen LogP contribution >= 0.6 is 46.6 Å². The number of hydrogen-bond acceptors (Lipinski definition) is 5. The first kappa shape index (κ1) is 18.3. The largest absolute Gasteiger partial charge is 0.486 e. The molecule has 0 unspecified atom stereocenters. The van der Waals surface area contributed by atoms with Gasteiger partial charge < -0.3 is 9.47 Å². The van der Waals surface area contributed by atoms with Crippen molar-refractivity contribution in [1.29, 1.82) is 0 Å². The highest BCUT2D eigenvalue weighted by molar-refractivity contribution is 8.00. The van der Waals surface area contributed by atoms with Crippen molar-refractivity contribution < 1.29 is 14.3 Å². The van der Waals surface area contributed by atoms with E-state index in [-0.39, 0.29) is 11.7 Å². The van der Waals surface area contributed by atoms with Crippen molar-refractivity contribution in [3.63, 3.8) is 0 Å². The van der Waals surface area contributed by atoms with Gasteiger partial charge in [0.15, 0.2) is 11.5 Å². The summed E-state index contributed by atoms with van der Waals surface area (Å²) in [6.07, 6.45) is 0. The van der Waals surface area contributed by atoms with E-state index in [9.17, 15) is 4.79 Å². The zero-order valence-corrected chi connectivity index (χ0v) is 15.9. The molecule has 0 radical (unpaired) electrons. The van der Waals surface area contributed by atoms with Gasteiger partial charge in [-0.25, -0.2) is 0 Å². The number of halogens is 3. The average molecular weight is 420 g/mol. The van der Waals surface area contributed by atoms with Crippen LogP contribution in [0.15, 0.2) is 35.2 Å². The third kappa shape index (κ3) is 4.79. The van der Waals surface area contributed by atoms with Gasteiger partial charge in [0, 0.05) is 9.92 Å². The van der Waals surface area contributed by atoms with Gasteiger partial charge in [-0.05, 0) is 30.3 Å². The van der Waals surface area contributed by atoms with E-state index in [1.807, 2.05) is 18.2 Å². The third-order valence-corrected chi connectivity index (χ3v) is 5.03. The molecule has 2 aromatic rings. The Balaban J connectivity index is 1.53. The number of hydrogen-bond donors (Lipinski definition) is 2. The smallest absolute Gasteiger partial charge is 0.248 e. The highest BCUT2D eigenvalue weighted by atomic mass is 35.5. The molecule has 0 saturated carbocycles. The molecular weight excluding hydrogens is 407 g/mol. The lowest BCUT2D eigenvalue weighted by atomic mass is 10.3. The van der Waals surface area contributed by atoms with Crippen molar-refractivity contribution in [2.45, 2.75) is 4.90 Å². The van der Waals surface area contributed by atoms with Crippen molar-refractivity contribution in [2.75, 3.05) is 24.4 Å². The molecule has 5 nitrogen and oxygen atoms in total. The maximum absolute atomic E-state index is 12.0. The number of amides is 1. The van der Waals surface area contributed by atoms with E-state index in [0.29, 0.717) is 45.5 Å². The van der Waals surface area contributed by atoms with Crippen LogP contribution in [0, 0.1) is 0 Å². The van der Waals surface area contributed by atoms with Crippen LogP contribution < -0.4 is 20.3 Å². The first-order valence-electron chi connectivity index (χ1n) is 7.25. The minimum Gasteiger partial charge on any atom is -0.486 e. The Kier molecular flexibility index (Phi) is 6.06. The Hall–Kier alpha value is -1.47. The number of ether oxygens (including phenoxy) is 2. The van der Waals surface area contributed by atoms with Crippen LogP contribution in [0.3, 0.4) is 0 Å². The number of thioether (sulfide) groups is 1. The zero-order chi connectivity index (χ0) is 17.8. The van der Waals surface area contributed by atoms with Crippen LogP contribution in [0.1, 0.15) is 0 Å². The summed E-state index contributed by atoms with van der Waals surface area (Å²) in [7, 11) is 0. The van der Waals surface area contributed by atoms with Gasteiger partial charge in [-0.15, -0.1) is 11.8 Å². The SMILES string of the molecule is O=C(CSc1ccc2c(c1)OCCO2)NNc1c(Cl)cc(Cl)cc1Cl. The number of nitrogens with one attached hydrogen (secondary N) is 2. The van der Waals surface area contributed by atoms with Crippen LogP contribution in [0.2, 0.25) is 15.1 Å². The summed E-state index contributed by atoms with van der Waals surface area (Å²) in [5.74, 6) is 1.38. The predicted octanol–water partition coefficient (Wildman–Crippen LogP) is 4.65. The average Bonchev–Trinajstić information content (AvgIpc) is 2.59. The molecule has 1 aliphatic rings. The lowest BCUT2D eigenvalue weighted by Gasteiger charge is -2.18. The van der Waals surface area contributed by atoms with Crippen LogP contribution in [0.25, 0.3) is 0 Å². The summed E-state index contributed by atoms with van der Waals surface area (Å²) in [6.45, 7) is 1.07. The maximum atomic E-state index is 12.0. The van der Waals surface area contributed by atoms with Gasteiger partial charge in [-0.2, -0.15) is 0 Å². The molecule has 0 aromatic heterocycles. The van der Waals surface area contributed by atoms with Gasteiger partial charge in [0.25, 0.3) is 0 Å². The Morgan fingerprint density at radius 3 is 2.44 bits per heavy atom. The van der Waals surface area contributed by atoms with E-state index in [1.165, 1.54) is 23.9 Å². The third-order valence-electron chi connectivity index (χ3n) is 3.22. The molecule has 25 heavy (non-hydrogen) atoms. The Morgan fingerprint density at radius 2 is 1.72 bits per heavy atom. The van der Waals surface area contributed by atoms with Crippen LogP contribution in [-0.2, 0) is 4.79 Å². The predicted molar refractivity (Wildman–Crippen MR) is 101 cm³/mol. The molecule has 2 N–H and O–H groups in total. The number of rotatable bonds is 5. The van der Waals surface area contributed by atoms with Crippen LogP contribution in [-0.4, -0.2) is 24.9 Å². The number of anilines is 1. The fraction of sp³-hybridized carbons (Fsp3) is 0.188. The summed E-state index contributed by atoms with van der Waals surface area (Å²) in [4.78, 5) is 12.9. The van der Waals surface area contributed by atoms with Gasteiger partial charge in [-0.1, -0.05) is 34.8 Å². The van der Waals surface area contributed by atoms with E-state index in [0.717, 1.165) is 4.90 Å². The second-order valence-electron chi connectivity index (χ2n) is 5.01. The summed E-state index contributed by atoms with van der Waals surface area (Å²) in [6, 6.07) is 8.64. The van der Waals surface area contributed by atoms with E-state index < -0.39 is 0 Å². The molecule has 1 heterocycles. The lowest BCUT2D eigenvalue weighted by Crippen LogP contribution is -2.31. The summed E-state index contributed by atoms with van der Waals surface area (Å²) in [5, 5.41) is 1.05. The van der Waals surface area contributed by atoms with Crippen molar-refractivity contribution in [1.82, 2.24) is 5.43 Å². The molecule has 0 bridgehead atoms. The monoisotopic (exact) mass is 418 g/mol. The Morgan fingerprint density at radius 1 is 1.04 bits per heavy atom. The molecule has 0 aliphatic carbocycles. The van der Waals surface area contributed by atoms with Gasteiger partial charge in [-0.3, -0.25) is 15.6 Å². The Bertz CT molecular complexity index is 781. The summed E-state index contributed by atoms with van der Waals surface area (Å²) in [5.41, 5.74) is 5.66. The quantitative estimate of drug-likeness (QED) is 0.545. The molecular formula is C16H13Cl3N2O3S. The molecule has 0 spiro atoms. The standard InChI is InChI=1S/C16H13Cl3N2O3S/c17-9-5-11(18)16(12(19)6-9)21-20-15(22)8-25-10-1-2-13-14(7-10)24-4-3-23-13/h1-2,5-7,21H,3-4,8H2,(H,20,22). The van der Waals surface area contributed by atoms with E-state index >= 15 is 0 Å².